The molecule has 0 bridgehead atoms. The summed E-state index contributed by atoms with van der Waals surface area (Å²) in [5.74, 6) is 1.12. The molecule has 0 saturated heterocycles. The van der Waals surface area contributed by atoms with Crippen molar-refractivity contribution in [3.63, 3.8) is 0 Å². The van der Waals surface area contributed by atoms with Gasteiger partial charge in [-0.15, -0.1) is 0 Å². The molecule has 0 spiro atoms. The SMILES string of the molecule is CCCCSOC(C)(C)C. The summed E-state index contributed by atoms with van der Waals surface area (Å²) in [7, 11) is 0. The molecular formula is C8H18OS. The van der Waals surface area contributed by atoms with Crippen LogP contribution in [0.4, 0.5) is 0 Å². The maximum Gasteiger partial charge on any atom is 0.0745 e. The Morgan fingerprint density at radius 3 is 2.30 bits per heavy atom. The topological polar surface area (TPSA) is 9.23 Å². The highest BCUT2D eigenvalue weighted by Crippen LogP contribution is 2.17. The van der Waals surface area contributed by atoms with Crippen LogP contribution in [0.1, 0.15) is 40.5 Å². The van der Waals surface area contributed by atoms with Crippen LogP contribution in [0, 0.1) is 0 Å². The number of hydrogen-bond acceptors (Lipinski definition) is 2. The molecule has 0 radical (unpaired) electrons. The second-order valence-electron chi connectivity index (χ2n) is 3.37. The van der Waals surface area contributed by atoms with Crippen molar-refractivity contribution in [3.8, 4) is 0 Å². The third-order valence-electron chi connectivity index (χ3n) is 0.890. The number of unbranched alkanes of at least 4 members (excludes halogenated alkanes) is 1. The van der Waals surface area contributed by atoms with Crippen molar-refractivity contribution in [2.24, 2.45) is 0 Å². The van der Waals surface area contributed by atoms with Crippen molar-refractivity contribution in [2.75, 3.05) is 5.75 Å². The van der Waals surface area contributed by atoms with Gasteiger partial charge in [0, 0.05) is 5.75 Å². The molecule has 1 nitrogen and oxygen atoms in total. The van der Waals surface area contributed by atoms with E-state index in [9.17, 15) is 0 Å². The van der Waals surface area contributed by atoms with E-state index in [4.69, 9.17) is 4.18 Å². The van der Waals surface area contributed by atoms with E-state index >= 15 is 0 Å². The van der Waals surface area contributed by atoms with E-state index in [1.165, 1.54) is 12.8 Å². The van der Waals surface area contributed by atoms with Crippen molar-refractivity contribution in [3.05, 3.63) is 0 Å². The number of hydrogen-bond donors (Lipinski definition) is 0. The fourth-order valence-electron chi connectivity index (χ4n) is 0.422. The standard InChI is InChI=1S/C8H18OS/c1-5-6-7-10-9-8(2,3)4/h5-7H2,1-4H3. The zero-order chi connectivity index (χ0) is 8.04. The molecule has 0 atom stereocenters. The molecule has 0 fully saturated rings. The molecular weight excluding hydrogens is 144 g/mol. The maximum absolute atomic E-state index is 5.45. The Balaban J connectivity index is 3.04. The van der Waals surface area contributed by atoms with Gasteiger partial charge in [-0.3, -0.25) is 0 Å². The van der Waals surface area contributed by atoms with E-state index in [1.54, 1.807) is 12.0 Å². The number of rotatable bonds is 4. The normalized spacial score (nSPS) is 12.0. The van der Waals surface area contributed by atoms with Gasteiger partial charge in [0.25, 0.3) is 0 Å². The Morgan fingerprint density at radius 1 is 1.30 bits per heavy atom. The molecule has 0 aliphatic carbocycles. The highest BCUT2D eigenvalue weighted by molar-refractivity contribution is 7.94. The molecule has 62 valence electrons. The molecule has 0 aliphatic heterocycles. The first-order chi connectivity index (χ1) is 4.56. The second-order valence-corrected chi connectivity index (χ2v) is 4.18. The van der Waals surface area contributed by atoms with Crippen LogP contribution in [0.3, 0.4) is 0 Å². The van der Waals surface area contributed by atoms with Gasteiger partial charge in [-0.2, -0.15) is 0 Å². The minimum atomic E-state index is 0.0123. The van der Waals surface area contributed by atoms with Gasteiger partial charge in [-0.05, 0) is 39.2 Å². The summed E-state index contributed by atoms with van der Waals surface area (Å²) in [6, 6.07) is 0. The van der Waals surface area contributed by atoms with Gasteiger partial charge in [-0.1, -0.05) is 13.3 Å². The minimum Gasteiger partial charge on any atom is -0.310 e. The Bertz CT molecular complexity index is 75.8. The highest BCUT2D eigenvalue weighted by Gasteiger charge is 2.09. The molecule has 0 aliphatic rings. The van der Waals surface area contributed by atoms with Crippen LogP contribution >= 0.6 is 12.0 Å². The molecule has 0 heterocycles. The van der Waals surface area contributed by atoms with Gasteiger partial charge in [0.15, 0.2) is 0 Å². The Kier molecular flexibility index (Phi) is 5.18. The van der Waals surface area contributed by atoms with Crippen LogP contribution in [0.15, 0.2) is 0 Å². The first kappa shape index (κ1) is 10.3. The van der Waals surface area contributed by atoms with Crippen LogP contribution in [0.2, 0.25) is 0 Å². The molecule has 0 N–H and O–H groups in total. The van der Waals surface area contributed by atoms with Crippen molar-refractivity contribution >= 4 is 12.0 Å². The molecule has 0 aromatic rings. The third-order valence-corrected chi connectivity index (χ3v) is 1.96. The van der Waals surface area contributed by atoms with Crippen molar-refractivity contribution < 1.29 is 4.18 Å². The lowest BCUT2D eigenvalue weighted by Crippen LogP contribution is -2.14. The summed E-state index contributed by atoms with van der Waals surface area (Å²) in [6.07, 6.45) is 2.50. The quantitative estimate of drug-likeness (QED) is 0.463. The average molecular weight is 162 g/mol. The van der Waals surface area contributed by atoms with Gasteiger partial charge in [0.05, 0.1) is 5.60 Å². The first-order valence-corrected chi connectivity index (χ1v) is 4.78. The van der Waals surface area contributed by atoms with Crippen molar-refractivity contribution in [1.82, 2.24) is 0 Å². The van der Waals surface area contributed by atoms with Gasteiger partial charge in [0.2, 0.25) is 0 Å². The highest BCUT2D eigenvalue weighted by atomic mass is 32.2. The fraction of sp³-hybridized carbons (Fsp3) is 1.00. The third kappa shape index (κ3) is 8.31. The van der Waals surface area contributed by atoms with Crippen LogP contribution in [-0.2, 0) is 4.18 Å². The predicted octanol–water partition coefficient (Wildman–Crippen LogP) is 3.25. The lowest BCUT2D eigenvalue weighted by molar-refractivity contribution is 0.164. The lowest BCUT2D eigenvalue weighted by Gasteiger charge is -2.17. The minimum absolute atomic E-state index is 0.0123. The summed E-state index contributed by atoms with van der Waals surface area (Å²) in [6.45, 7) is 8.42. The van der Waals surface area contributed by atoms with Gasteiger partial charge in [0.1, 0.15) is 0 Å². The van der Waals surface area contributed by atoms with Crippen LogP contribution in [0.25, 0.3) is 0 Å². The molecule has 0 rings (SSSR count). The maximum atomic E-state index is 5.45. The van der Waals surface area contributed by atoms with Crippen molar-refractivity contribution in [1.29, 1.82) is 0 Å². The monoisotopic (exact) mass is 162 g/mol. The molecule has 2 heteroatoms. The summed E-state index contributed by atoms with van der Waals surface area (Å²) in [5, 5.41) is 0. The lowest BCUT2D eigenvalue weighted by atomic mass is 10.2. The summed E-state index contributed by atoms with van der Waals surface area (Å²) < 4.78 is 5.45. The zero-order valence-electron chi connectivity index (χ0n) is 7.44. The van der Waals surface area contributed by atoms with Gasteiger partial charge >= 0.3 is 0 Å². The molecule has 0 unspecified atom stereocenters. The van der Waals surface area contributed by atoms with E-state index in [0.29, 0.717) is 0 Å². The predicted molar refractivity (Wildman–Crippen MR) is 48.2 cm³/mol. The summed E-state index contributed by atoms with van der Waals surface area (Å²) in [4.78, 5) is 0. The zero-order valence-corrected chi connectivity index (χ0v) is 8.25. The smallest absolute Gasteiger partial charge is 0.0745 e. The second kappa shape index (κ2) is 5.03. The Labute approximate surface area is 68.7 Å². The first-order valence-electron chi connectivity index (χ1n) is 3.87. The van der Waals surface area contributed by atoms with E-state index in [0.717, 1.165) is 5.75 Å². The van der Waals surface area contributed by atoms with Crippen molar-refractivity contribution in [2.45, 2.75) is 46.1 Å². The van der Waals surface area contributed by atoms with E-state index in [1.807, 2.05) is 0 Å². The van der Waals surface area contributed by atoms with E-state index in [-0.39, 0.29) is 5.60 Å². The molecule has 0 aromatic carbocycles. The van der Waals surface area contributed by atoms with Crippen LogP contribution in [0.5, 0.6) is 0 Å². The Hall–Kier alpha value is 0.310. The largest absolute Gasteiger partial charge is 0.310 e. The van der Waals surface area contributed by atoms with Crippen LogP contribution in [-0.4, -0.2) is 11.4 Å². The van der Waals surface area contributed by atoms with E-state index < -0.39 is 0 Å². The fourth-order valence-corrected chi connectivity index (χ4v) is 1.27. The summed E-state index contributed by atoms with van der Waals surface area (Å²) in [5.41, 5.74) is 0.0123. The van der Waals surface area contributed by atoms with Gasteiger partial charge in [-0.25, -0.2) is 0 Å². The Morgan fingerprint density at radius 2 is 1.90 bits per heavy atom. The van der Waals surface area contributed by atoms with Gasteiger partial charge < -0.3 is 4.18 Å². The molecule has 0 amide bonds. The van der Waals surface area contributed by atoms with E-state index in [2.05, 4.69) is 27.7 Å². The average Bonchev–Trinajstić information content (AvgIpc) is 1.78. The van der Waals surface area contributed by atoms with Crippen LogP contribution < -0.4 is 0 Å². The molecule has 0 aromatic heterocycles. The summed E-state index contributed by atoms with van der Waals surface area (Å²) >= 11 is 1.58. The molecule has 10 heavy (non-hydrogen) atoms. The molecule has 0 saturated carbocycles.